The van der Waals surface area contributed by atoms with E-state index in [1.807, 2.05) is 4.90 Å². The number of hydrogen-bond acceptors (Lipinski definition) is 6. The number of sulfonamides is 1. The van der Waals surface area contributed by atoms with Crippen LogP contribution in [-0.2, 0) is 22.9 Å². The van der Waals surface area contributed by atoms with Crippen LogP contribution >= 0.6 is 22.9 Å². The topological polar surface area (TPSA) is 91.7 Å². The molecule has 164 valence electrons. The van der Waals surface area contributed by atoms with Gasteiger partial charge in [0, 0.05) is 17.8 Å². The highest BCUT2D eigenvalue weighted by atomic mass is 35.5. The smallest absolute Gasteiger partial charge is 0.286 e. The van der Waals surface area contributed by atoms with E-state index in [1.165, 1.54) is 28.7 Å². The lowest BCUT2D eigenvalue weighted by Crippen LogP contribution is -2.35. The van der Waals surface area contributed by atoms with E-state index in [2.05, 4.69) is 14.7 Å². The van der Waals surface area contributed by atoms with Gasteiger partial charge in [-0.2, -0.15) is 8.42 Å². The van der Waals surface area contributed by atoms with Crippen LogP contribution < -0.4 is 10.2 Å². The SMILES string of the molecule is O=C(Nc1nc2c(s1)CCCCC2)c1cc2c(cc1Cl)N1CCCCCC1=NS2(=O)=O. The van der Waals surface area contributed by atoms with E-state index in [0.29, 0.717) is 29.6 Å². The number of aryl methyl sites for hydroxylation is 2. The van der Waals surface area contributed by atoms with Crippen molar-refractivity contribution in [2.45, 2.75) is 62.7 Å². The van der Waals surface area contributed by atoms with Gasteiger partial charge in [0.25, 0.3) is 15.9 Å². The van der Waals surface area contributed by atoms with Crippen LogP contribution in [0.3, 0.4) is 0 Å². The molecule has 3 heterocycles. The van der Waals surface area contributed by atoms with Gasteiger partial charge < -0.3 is 4.90 Å². The number of fused-ring (bicyclic) bond motifs is 4. The third-order valence-electron chi connectivity index (χ3n) is 6.00. The van der Waals surface area contributed by atoms with Crippen LogP contribution in [0, 0.1) is 0 Å². The van der Waals surface area contributed by atoms with Crippen molar-refractivity contribution < 1.29 is 13.2 Å². The highest BCUT2D eigenvalue weighted by Gasteiger charge is 2.33. The molecule has 0 bridgehead atoms. The number of carbonyl (C=O) groups excluding carboxylic acids is 1. The van der Waals surface area contributed by atoms with Crippen molar-refractivity contribution in [2.24, 2.45) is 4.40 Å². The molecular formula is C21H23ClN4O3S2. The van der Waals surface area contributed by atoms with E-state index in [9.17, 15) is 13.2 Å². The molecule has 1 aliphatic carbocycles. The zero-order valence-corrected chi connectivity index (χ0v) is 19.4. The molecule has 1 saturated heterocycles. The van der Waals surface area contributed by atoms with E-state index in [-0.39, 0.29) is 15.5 Å². The van der Waals surface area contributed by atoms with E-state index < -0.39 is 15.9 Å². The first kappa shape index (κ1) is 20.9. The highest BCUT2D eigenvalue weighted by molar-refractivity contribution is 7.90. The summed E-state index contributed by atoms with van der Waals surface area (Å²) in [5.41, 5.74) is 1.68. The van der Waals surface area contributed by atoms with Crippen LogP contribution in [0.15, 0.2) is 21.4 Å². The van der Waals surface area contributed by atoms with E-state index in [1.54, 1.807) is 6.07 Å². The molecule has 3 aliphatic rings. The van der Waals surface area contributed by atoms with Crippen molar-refractivity contribution in [2.75, 3.05) is 16.8 Å². The summed E-state index contributed by atoms with van der Waals surface area (Å²) in [6.45, 7) is 0.688. The van der Waals surface area contributed by atoms with Crippen LogP contribution in [0.25, 0.3) is 0 Å². The number of rotatable bonds is 2. The number of anilines is 2. The highest BCUT2D eigenvalue weighted by Crippen LogP contribution is 2.38. The maximum absolute atomic E-state index is 13.0. The first-order chi connectivity index (χ1) is 14.9. The average Bonchev–Trinajstić information content (AvgIpc) is 2.87. The molecule has 1 fully saturated rings. The van der Waals surface area contributed by atoms with Gasteiger partial charge in [-0.1, -0.05) is 24.4 Å². The van der Waals surface area contributed by atoms with Crippen LogP contribution in [0.4, 0.5) is 10.8 Å². The van der Waals surface area contributed by atoms with Crippen LogP contribution in [0.5, 0.6) is 0 Å². The van der Waals surface area contributed by atoms with E-state index in [4.69, 9.17) is 11.6 Å². The normalized spacial score (nSPS) is 19.9. The third-order valence-corrected chi connectivity index (χ3v) is 8.72. The van der Waals surface area contributed by atoms with Gasteiger partial charge in [-0.05, 0) is 50.7 Å². The molecule has 7 nitrogen and oxygen atoms in total. The number of halogens is 1. The van der Waals surface area contributed by atoms with Gasteiger partial charge in [-0.25, -0.2) is 4.98 Å². The van der Waals surface area contributed by atoms with Crippen molar-refractivity contribution in [3.8, 4) is 0 Å². The van der Waals surface area contributed by atoms with Gasteiger partial charge in [-0.15, -0.1) is 15.7 Å². The van der Waals surface area contributed by atoms with Gasteiger partial charge in [0.2, 0.25) is 0 Å². The molecule has 31 heavy (non-hydrogen) atoms. The zero-order valence-electron chi connectivity index (χ0n) is 17.0. The number of amidine groups is 1. The van der Waals surface area contributed by atoms with Gasteiger partial charge >= 0.3 is 0 Å². The minimum Gasteiger partial charge on any atom is -0.328 e. The average molecular weight is 479 g/mol. The van der Waals surface area contributed by atoms with Gasteiger partial charge in [0.15, 0.2) is 5.13 Å². The van der Waals surface area contributed by atoms with Crippen molar-refractivity contribution >= 4 is 55.5 Å². The maximum Gasteiger partial charge on any atom is 0.286 e. The lowest BCUT2D eigenvalue weighted by atomic mass is 10.1. The van der Waals surface area contributed by atoms with Crippen molar-refractivity contribution in [3.05, 3.63) is 33.3 Å². The Morgan fingerprint density at radius 3 is 2.71 bits per heavy atom. The van der Waals surface area contributed by atoms with Crippen LogP contribution in [0.1, 0.15) is 65.9 Å². The van der Waals surface area contributed by atoms with Crippen LogP contribution in [0.2, 0.25) is 5.02 Å². The lowest BCUT2D eigenvalue weighted by molar-refractivity contribution is 0.102. The Morgan fingerprint density at radius 1 is 1.06 bits per heavy atom. The monoisotopic (exact) mass is 478 g/mol. The summed E-state index contributed by atoms with van der Waals surface area (Å²) in [7, 11) is -3.89. The molecule has 0 spiro atoms. The second-order valence-corrected chi connectivity index (χ2v) is 11.2. The van der Waals surface area contributed by atoms with Crippen molar-refractivity contribution in [3.63, 3.8) is 0 Å². The summed E-state index contributed by atoms with van der Waals surface area (Å²) >= 11 is 7.96. The molecule has 0 atom stereocenters. The van der Waals surface area contributed by atoms with Gasteiger partial charge in [0.1, 0.15) is 10.7 Å². The zero-order chi connectivity index (χ0) is 21.6. The molecule has 1 amide bonds. The Morgan fingerprint density at radius 2 is 1.84 bits per heavy atom. The number of hydrogen-bond donors (Lipinski definition) is 1. The number of benzene rings is 1. The number of amides is 1. The number of carbonyl (C=O) groups is 1. The van der Waals surface area contributed by atoms with Crippen molar-refractivity contribution in [1.29, 1.82) is 0 Å². The summed E-state index contributed by atoms with van der Waals surface area (Å²) in [5, 5.41) is 3.56. The predicted octanol–water partition coefficient (Wildman–Crippen LogP) is 4.80. The summed E-state index contributed by atoms with van der Waals surface area (Å²) in [6, 6.07) is 2.94. The molecule has 1 N–H and O–H groups in total. The fraction of sp³-hybridized carbons (Fsp3) is 0.476. The summed E-state index contributed by atoms with van der Waals surface area (Å²) in [6.07, 6.45) is 8.86. The minimum absolute atomic E-state index is 0.0302. The minimum atomic E-state index is -3.89. The fourth-order valence-electron chi connectivity index (χ4n) is 4.42. The molecule has 0 unspecified atom stereocenters. The summed E-state index contributed by atoms with van der Waals surface area (Å²) in [5.74, 6) is 0.0973. The molecule has 0 saturated carbocycles. The molecule has 2 aromatic rings. The van der Waals surface area contributed by atoms with Gasteiger partial charge in [-0.3, -0.25) is 10.1 Å². The number of nitrogens with zero attached hydrogens (tertiary/aromatic N) is 3. The standard InChI is InChI=1S/C21H23ClN4O3S2/c22-14-12-16-18(31(28,29)25-19-9-5-2-6-10-26(16)19)11-13(14)20(27)24-21-23-15-7-3-1-4-8-17(15)30-21/h11-12H,1-10H2,(H,23,24,27). The maximum atomic E-state index is 13.0. The Kier molecular flexibility index (Phi) is 5.52. The number of aromatic nitrogens is 1. The third kappa shape index (κ3) is 3.99. The first-order valence-corrected chi connectivity index (χ1v) is 13.3. The molecule has 5 rings (SSSR count). The largest absolute Gasteiger partial charge is 0.328 e. The fourth-order valence-corrected chi connectivity index (χ4v) is 6.97. The molecule has 2 aliphatic heterocycles. The van der Waals surface area contributed by atoms with Crippen molar-refractivity contribution in [1.82, 2.24) is 4.98 Å². The summed E-state index contributed by atoms with van der Waals surface area (Å²) < 4.78 is 29.7. The van der Waals surface area contributed by atoms with Crippen LogP contribution in [-0.4, -0.2) is 31.7 Å². The van der Waals surface area contributed by atoms with E-state index >= 15 is 0 Å². The Labute approximate surface area is 190 Å². The molecule has 1 aromatic carbocycles. The Bertz CT molecular complexity index is 1170. The quantitative estimate of drug-likeness (QED) is 0.626. The second-order valence-electron chi connectivity index (χ2n) is 8.15. The second kappa shape index (κ2) is 8.18. The first-order valence-electron chi connectivity index (χ1n) is 10.7. The van der Waals surface area contributed by atoms with E-state index in [0.717, 1.165) is 50.6 Å². The molecule has 0 radical (unpaired) electrons. The number of nitrogens with one attached hydrogen (secondary N) is 1. The van der Waals surface area contributed by atoms with Gasteiger partial charge in [0.05, 0.1) is 22.0 Å². The molecular weight excluding hydrogens is 456 g/mol. The Balaban J connectivity index is 1.47. The molecule has 10 heteroatoms. The Hall–Kier alpha value is -1.97. The molecule has 1 aromatic heterocycles. The lowest BCUT2D eigenvalue weighted by Gasteiger charge is -2.30. The predicted molar refractivity (Wildman–Crippen MR) is 123 cm³/mol. The summed E-state index contributed by atoms with van der Waals surface area (Å²) in [4.78, 5) is 20.7. The number of thiazole rings is 1.